The smallest absolute Gasteiger partial charge is 0.132 e. The highest BCUT2D eigenvalue weighted by Gasteiger charge is 2.25. The summed E-state index contributed by atoms with van der Waals surface area (Å²) in [7, 11) is 4.36. The van der Waals surface area contributed by atoms with Gasteiger partial charge in [-0.1, -0.05) is 19.9 Å². The van der Waals surface area contributed by atoms with E-state index >= 15 is 0 Å². The topological polar surface area (TPSA) is 48.4 Å². The van der Waals surface area contributed by atoms with Crippen molar-refractivity contribution in [1.82, 2.24) is 24.8 Å². The Morgan fingerprint density at radius 3 is 2.68 bits per heavy atom. The van der Waals surface area contributed by atoms with Crippen molar-refractivity contribution in [2.45, 2.75) is 45.7 Å². The molecule has 0 spiro atoms. The molecule has 6 nitrogen and oxygen atoms in total. The zero-order valence-electron chi connectivity index (χ0n) is 17.8. The van der Waals surface area contributed by atoms with Gasteiger partial charge < -0.3 is 9.80 Å². The van der Waals surface area contributed by atoms with Gasteiger partial charge in [-0.2, -0.15) is 0 Å². The lowest BCUT2D eigenvalue weighted by Crippen LogP contribution is -2.44. The van der Waals surface area contributed by atoms with E-state index in [9.17, 15) is 0 Å². The molecule has 2 aliphatic rings. The lowest BCUT2D eigenvalue weighted by Gasteiger charge is -2.34. The first-order valence-electron chi connectivity index (χ1n) is 10.6. The van der Waals surface area contributed by atoms with E-state index in [1.807, 2.05) is 26.1 Å². The lowest BCUT2D eigenvalue weighted by molar-refractivity contribution is 0.206. The van der Waals surface area contributed by atoms with E-state index in [4.69, 9.17) is 0 Å². The van der Waals surface area contributed by atoms with Crippen LogP contribution >= 0.6 is 0 Å². The molecule has 1 unspecified atom stereocenters. The summed E-state index contributed by atoms with van der Waals surface area (Å²) >= 11 is 0. The van der Waals surface area contributed by atoms with Crippen molar-refractivity contribution in [3.05, 3.63) is 47.7 Å². The van der Waals surface area contributed by atoms with Crippen LogP contribution in [0, 0.1) is 0 Å². The summed E-state index contributed by atoms with van der Waals surface area (Å²) in [6.07, 6.45) is 7.17. The second-order valence-electron chi connectivity index (χ2n) is 7.53. The van der Waals surface area contributed by atoms with E-state index < -0.39 is 0 Å². The Morgan fingerprint density at radius 2 is 1.89 bits per heavy atom. The van der Waals surface area contributed by atoms with Crippen LogP contribution in [0.2, 0.25) is 0 Å². The Hall–Kier alpha value is -2.05. The number of rotatable bonds is 4. The zero-order valence-corrected chi connectivity index (χ0v) is 17.8. The molecule has 28 heavy (non-hydrogen) atoms. The highest BCUT2D eigenvalue weighted by atomic mass is 15.3. The summed E-state index contributed by atoms with van der Waals surface area (Å²) in [4.78, 5) is 20.8. The first-order chi connectivity index (χ1) is 13.7. The molecule has 2 aromatic heterocycles. The molecule has 0 amide bonds. The molecule has 1 fully saturated rings. The molecule has 152 valence electrons. The summed E-state index contributed by atoms with van der Waals surface area (Å²) in [6, 6.07) is 6.80. The van der Waals surface area contributed by atoms with Gasteiger partial charge in [0.1, 0.15) is 12.1 Å². The van der Waals surface area contributed by atoms with Gasteiger partial charge >= 0.3 is 0 Å². The number of anilines is 1. The fourth-order valence-corrected chi connectivity index (χ4v) is 4.06. The minimum Gasteiger partial charge on any atom is -0.354 e. The highest BCUT2D eigenvalue weighted by molar-refractivity contribution is 5.39. The molecule has 4 rings (SSSR count). The number of hydrogen-bond acceptors (Lipinski definition) is 6. The molecule has 0 bridgehead atoms. The number of fused-ring (bicyclic) bond motifs is 1. The number of pyridine rings is 1. The number of aromatic nitrogens is 3. The lowest BCUT2D eigenvalue weighted by atomic mass is 9.91. The normalized spacial score (nSPS) is 19.8. The van der Waals surface area contributed by atoms with E-state index in [0.29, 0.717) is 6.04 Å². The SMILES string of the molecule is CC.CN1CCN(c2cc(CN(C)C3CCCc4cccnc43)ncn2)CC1. The van der Waals surface area contributed by atoms with Crippen molar-refractivity contribution in [2.75, 3.05) is 45.2 Å². The summed E-state index contributed by atoms with van der Waals surface area (Å²) in [5.74, 6) is 1.05. The molecular formula is C22H34N6. The highest BCUT2D eigenvalue weighted by Crippen LogP contribution is 2.32. The van der Waals surface area contributed by atoms with Crippen LogP contribution in [-0.2, 0) is 13.0 Å². The monoisotopic (exact) mass is 382 g/mol. The Bertz CT molecular complexity index is 741. The van der Waals surface area contributed by atoms with E-state index in [-0.39, 0.29) is 0 Å². The average molecular weight is 383 g/mol. The molecule has 1 aliphatic carbocycles. The van der Waals surface area contributed by atoms with Gasteiger partial charge in [-0.25, -0.2) is 9.97 Å². The number of nitrogens with zero attached hydrogens (tertiary/aromatic N) is 6. The quantitative estimate of drug-likeness (QED) is 0.810. The van der Waals surface area contributed by atoms with Gasteiger partial charge in [0.25, 0.3) is 0 Å². The van der Waals surface area contributed by atoms with Gasteiger partial charge in [0.05, 0.1) is 17.4 Å². The fraction of sp³-hybridized carbons (Fsp3) is 0.591. The van der Waals surface area contributed by atoms with E-state index in [2.05, 4.69) is 55.9 Å². The predicted molar refractivity (Wildman–Crippen MR) is 114 cm³/mol. The Morgan fingerprint density at radius 1 is 1.11 bits per heavy atom. The molecule has 6 heteroatoms. The van der Waals surface area contributed by atoms with Crippen molar-refractivity contribution in [3.63, 3.8) is 0 Å². The van der Waals surface area contributed by atoms with Gasteiger partial charge in [-0.15, -0.1) is 0 Å². The number of aryl methyl sites for hydroxylation is 1. The molecule has 1 saturated heterocycles. The molecule has 0 radical (unpaired) electrons. The third kappa shape index (κ3) is 4.86. The second kappa shape index (κ2) is 9.94. The summed E-state index contributed by atoms with van der Waals surface area (Å²) in [5, 5.41) is 0. The van der Waals surface area contributed by atoms with Crippen molar-refractivity contribution >= 4 is 5.82 Å². The van der Waals surface area contributed by atoms with Crippen LogP contribution in [-0.4, -0.2) is 65.0 Å². The second-order valence-corrected chi connectivity index (χ2v) is 7.53. The van der Waals surface area contributed by atoms with E-state index in [0.717, 1.165) is 57.1 Å². The van der Waals surface area contributed by atoms with Crippen molar-refractivity contribution in [2.24, 2.45) is 0 Å². The molecule has 1 aliphatic heterocycles. The summed E-state index contributed by atoms with van der Waals surface area (Å²) < 4.78 is 0. The maximum Gasteiger partial charge on any atom is 0.132 e. The van der Waals surface area contributed by atoms with Crippen LogP contribution in [0.4, 0.5) is 5.82 Å². The summed E-state index contributed by atoms with van der Waals surface area (Å²) in [6.45, 7) is 9.06. The van der Waals surface area contributed by atoms with Crippen molar-refractivity contribution in [1.29, 1.82) is 0 Å². The Balaban J connectivity index is 0.00000109. The minimum atomic E-state index is 0.377. The molecular weight excluding hydrogens is 348 g/mol. The Labute approximate surface area is 169 Å². The summed E-state index contributed by atoms with van der Waals surface area (Å²) in [5.41, 5.74) is 3.73. The third-order valence-corrected chi connectivity index (χ3v) is 5.65. The van der Waals surface area contributed by atoms with E-state index in [1.165, 1.54) is 17.7 Å². The molecule has 0 saturated carbocycles. The van der Waals surface area contributed by atoms with Crippen LogP contribution in [0.3, 0.4) is 0 Å². The fourth-order valence-electron chi connectivity index (χ4n) is 4.06. The van der Waals surface area contributed by atoms with Crippen LogP contribution in [0.15, 0.2) is 30.7 Å². The molecule has 0 aromatic carbocycles. The standard InChI is InChI=1S/C20H28N6.C2H6/c1-24-9-11-26(12-10-24)19-13-17(22-15-23-19)14-25(2)18-7-3-5-16-6-4-8-21-20(16)18;1-2/h4,6,8,13,15,18H,3,5,7,9-12,14H2,1-2H3;1-2H3. The van der Waals surface area contributed by atoms with Gasteiger partial charge in [0.2, 0.25) is 0 Å². The van der Waals surface area contributed by atoms with Gasteiger partial charge in [0, 0.05) is 45.0 Å². The van der Waals surface area contributed by atoms with Gasteiger partial charge in [0.15, 0.2) is 0 Å². The average Bonchev–Trinajstić information content (AvgIpc) is 2.75. The molecule has 1 atom stereocenters. The minimum absolute atomic E-state index is 0.377. The van der Waals surface area contributed by atoms with Gasteiger partial charge in [-0.05, 0) is 45.0 Å². The maximum absolute atomic E-state index is 4.67. The first kappa shape index (κ1) is 20.7. The van der Waals surface area contributed by atoms with Crippen LogP contribution < -0.4 is 4.90 Å². The molecule has 0 N–H and O–H groups in total. The molecule has 2 aromatic rings. The number of piperazine rings is 1. The van der Waals surface area contributed by atoms with Crippen LogP contribution in [0.25, 0.3) is 0 Å². The zero-order chi connectivity index (χ0) is 19.9. The van der Waals surface area contributed by atoms with Gasteiger partial charge in [-0.3, -0.25) is 9.88 Å². The number of likely N-dealkylation sites (N-methyl/N-ethyl adjacent to an activating group) is 1. The largest absolute Gasteiger partial charge is 0.354 e. The van der Waals surface area contributed by atoms with Crippen molar-refractivity contribution in [3.8, 4) is 0 Å². The predicted octanol–water partition coefficient (Wildman–Crippen LogP) is 3.16. The number of hydrogen-bond donors (Lipinski definition) is 0. The van der Waals surface area contributed by atoms with Crippen molar-refractivity contribution < 1.29 is 0 Å². The first-order valence-corrected chi connectivity index (χ1v) is 10.6. The van der Waals surface area contributed by atoms with Crippen LogP contribution in [0.5, 0.6) is 0 Å². The Kier molecular flexibility index (Phi) is 7.34. The van der Waals surface area contributed by atoms with E-state index in [1.54, 1.807) is 6.33 Å². The van der Waals surface area contributed by atoms with Crippen LogP contribution in [0.1, 0.15) is 49.7 Å². The third-order valence-electron chi connectivity index (χ3n) is 5.65. The molecule has 3 heterocycles. The maximum atomic E-state index is 4.67.